The number of aliphatic hydroxyl groups is 1. The Morgan fingerprint density at radius 3 is 2.64 bits per heavy atom. The number of rotatable bonds is 8. The normalized spacial score (nSPS) is 10.8. The summed E-state index contributed by atoms with van der Waals surface area (Å²) in [6.45, 7) is 1.14. The minimum atomic E-state index is -0.317. The molecule has 0 bridgehead atoms. The van der Waals surface area contributed by atoms with E-state index >= 15 is 0 Å². The van der Waals surface area contributed by atoms with E-state index in [1.807, 2.05) is 0 Å². The number of halogens is 1. The number of anilines is 3. The van der Waals surface area contributed by atoms with Crippen LogP contribution in [0, 0.1) is 5.82 Å². The first-order chi connectivity index (χ1) is 12.3. The van der Waals surface area contributed by atoms with Crippen molar-refractivity contribution in [2.75, 3.05) is 37.0 Å². The summed E-state index contributed by atoms with van der Waals surface area (Å²) in [4.78, 5) is 17.2. The van der Waals surface area contributed by atoms with E-state index in [0.717, 1.165) is 0 Å². The van der Waals surface area contributed by atoms with Crippen LogP contribution < -0.4 is 10.6 Å². The number of fused-ring (bicyclic) bond motifs is 1. The van der Waals surface area contributed by atoms with Gasteiger partial charge in [0, 0.05) is 24.6 Å². The number of ether oxygens (including phenoxy) is 1. The predicted octanol–water partition coefficient (Wildman–Crippen LogP) is 1.72. The Kier molecular flexibility index (Phi) is 5.60. The summed E-state index contributed by atoms with van der Waals surface area (Å²) in [5.41, 5.74) is 1.61. The van der Waals surface area contributed by atoms with E-state index in [1.165, 1.54) is 12.1 Å². The van der Waals surface area contributed by atoms with Crippen molar-refractivity contribution >= 4 is 28.6 Å². The summed E-state index contributed by atoms with van der Waals surface area (Å²) in [6.07, 6.45) is 3.10. The largest absolute Gasteiger partial charge is 0.394 e. The molecule has 9 heteroatoms. The molecule has 0 saturated carbocycles. The number of hydrogen-bond donors (Lipinski definition) is 3. The smallest absolute Gasteiger partial charge is 0.226 e. The van der Waals surface area contributed by atoms with E-state index in [4.69, 9.17) is 9.84 Å². The van der Waals surface area contributed by atoms with Crippen molar-refractivity contribution in [2.45, 2.75) is 0 Å². The number of aliphatic hydroxyl groups excluding tert-OH is 1. The van der Waals surface area contributed by atoms with Crippen LogP contribution in [-0.2, 0) is 4.74 Å². The van der Waals surface area contributed by atoms with Crippen LogP contribution in [0.15, 0.2) is 36.7 Å². The van der Waals surface area contributed by atoms with Crippen molar-refractivity contribution in [3.63, 3.8) is 0 Å². The maximum absolute atomic E-state index is 13.1. The van der Waals surface area contributed by atoms with E-state index in [0.29, 0.717) is 41.8 Å². The monoisotopic (exact) mass is 344 g/mol. The summed E-state index contributed by atoms with van der Waals surface area (Å²) in [5.74, 6) is 0.511. The molecule has 0 spiro atoms. The van der Waals surface area contributed by atoms with E-state index in [1.54, 1.807) is 24.5 Å². The molecule has 3 N–H and O–H groups in total. The third-order valence-electron chi connectivity index (χ3n) is 3.20. The molecule has 0 aliphatic carbocycles. The van der Waals surface area contributed by atoms with Crippen LogP contribution in [0.2, 0.25) is 0 Å². The molecule has 1 aromatic carbocycles. The highest BCUT2D eigenvalue weighted by Gasteiger charge is 2.10. The maximum atomic E-state index is 13.1. The Labute approximate surface area is 143 Å². The summed E-state index contributed by atoms with van der Waals surface area (Å²) in [6, 6.07) is 5.93. The highest BCUT2D eigenvalue weighted by molar-refractivity contribution is 5.85. The highest BCUT2D eigenvalue weighted by Crippen LogP contribution is 2.22. The molecule has 2 heterocycles. The average molecular weight is 344 g/mol. The zero-order chi connectivity index (χ0) is 17.5. The van der Waals surface area contributed by atoms with Crippen molar-refractivity contribution in [3.05, 3.63) is 42.5 Å². The van der Waals surface area contributed by atoms with Gasteiger partial charge in [-0.05, 0) is 24.3 Å². The second-order valence-corrected chi connectivity index (χ2v) is 5.02. The molecule has 8 nitrogen and oxygen atoms in total. The first kappa shape index (κ1) is 16.9. The third kappa shape index (κ3) is 4.55. The fourth-order valence-electron chi connectivity index (χ4n) is 2.10. The Morgan fingerprint density at radius 1 is 1.04 bits per heavy atom. The Hall–Kier alpha value is -2.91. The van der Waals surface area contributed by atoms with Crippen molar-refractivity contribution in [1.82, 2.24) is 19.9 Å². The lowest BCUT2D eigenvalue weighted by Gasteiger charge is -2.11. The van der Waals surface area contributed by atoms with Crippen LogP contribution >= 0.6 is 0 Å². The number of aromatic nitrogens is 4. The summed E-state index contributed by atoms with van der Waals surface area (Å²) in [7, 11) is 0. The molecule has 0 aliphatic rings. The quantitative estimate of drug-likeness (QED) is 0.531. The second kappa shape index (κ2) is 8.27. The molecule has 3 aromatic rings. The van der Waals surface area contributed by atoms with Crippen molar-refractivity contribution in [3.8, 4) is 0 Å². The van der Waals surface area contributed by atoms with Gasteiger partial charge in [0.2, 0.25) is 5.95 Å². The molecule has 0 saturated heterocycles. The Morgan fingerprint density at radius 2 is 1.84 bits per heavy atom. The maximum Gasteiger partial charge on any atom is 0.226 e. The lowest BCUT2D eigenvalue weighted by Crippen LogP contribution is -2.14. The zero-order valence-electron chi connectivity index (χ0n) is 13.3. The summed E-state index contributed by atoms with van der Waals surface area (Å²) in [5, 5.41) is 14.8. The van der Waals surface area contributed by atoms with E-state index in [9.17, 15) is 4.39 Å². The lowest BCUT2D eigenvalue weighted by atomic mass is 10.3. The van der Waals surface area contributed by atoms with Crippen LogP contribution in [0.4, 0.5) is 21.8 Å². The third-order valence-corrected chi connectivity index (χ3v) is 3.20. The van der Waals surface area contributed by atoms with Gasteiger partial charge in [-0.3, -0.25) is 0 Å². The number of nitrogens with one attached hydrogen (secondary N) is 2. The SMILES string of the molecule is OCCOCCNc1nc(Nc2ccc(F)cc2)c2nccnc2n1. The molecule has 3 rings (SSSR count). The minimum absolute atomic E-state index is 0.0200. The molecule has 2 aromatic heterocycles. The van der Waals surface area contributed by atoms with Crippen molar-refractivity contribution < 1.29 is 14.2 Å². The Balaban J connectivity index is 1.81. The first-order valence-corrected chi connectivity index (χ1v) is 7.70. The molecular formula is C16H17FN6O2. The molecule has 25 heavy (non-hydrogen) atoms. The molecule has 0 radical (unpaired) electrons. The fraction of sp³-hybridized carbons (Fsp3) is 0.250. The Bertz CT molecular complexity index is 830. The zero-order valence-corrected chi connectivity index (χ0v) is 13.3. The number of hydrogen-bond acceptors (Lipinski definition) is 8. The average Bonchev–Trinajstić information content (AvgIpc) is 2.63. The van der Waals surface area contributed by atoms with E-state index in [2.05, 4.69) is 30.6 Å². The molecule has 0 fully saturated rings. The van der Waals surface area contributed by atoms with Crippen LogP contribution in [-0.4, -0.2) is 51.4 Å². The van der Waals surface area contributed by atoms with Gasteiger partial charge in [0.15, 0.2) is 17.0 Å². The highest BCUT2D eigenvalue weighted by atomic mass is 19.1. The van der Waals surface area contributed by atoms with Crippen molar-refractivity contribution in [1.29, 1.82) is 0 Å². The van der Waals surface area contributed by atoms with Gasteiger partial charge in [0.05, 0.1) is 19.8 Å². The van der Waals surface area contributed by atoms with Gasteiger partial charge < -0.3 is 20.5 Å². The number of nitrogens with zero attached hydrogens (tertiary/aromatic N) is 4. The van der Waals surface area contributed by atoms with Gasteiger partial charge in [0.1, 0.15) is 5.82 Å². The first-order valence-electron chi connectivity index (χ1n) is 7.70. The standard InChI is InChI=1S/C16H17FN6O2/c17-11-1-3-12(4-2-11)21-15-13-14(19-6-5-18-13)22-16(23-15)20-7-9-25-10-8-24/h1-6,24H,7-10H2,(H2,19,20,21,22,23). The molecule has 0 aliphatic heterocycles. The van der Waals surface area contributed by atoms with Crippen LogP contribution in [0.3, 0.4) is 0 Å². The molecular weight excluding hydrogens is 327 g/mol. The van der Waals surface area contributed by atoms with Crippen LogP contribution in [0.25, 0.3) is 11.2 Å². The van der Waals surface area contributed by atoms with Crippen molar-refractivity contribution in [2.24, 2.45) is 0 Å². The fourth-order valence-corrected chi connectivity index (χ4v) is 2.10. The van der Waals surface area contributed by atoms with Gasteiger partial charge in [-0.2, -0.15) is 9.97 Å². The van der Waals surface area contributed by atoms with Gasteiger partial charge in [-0.15, -0.1) is 0 Å². The summed E-state index contributed by atoms with van der Waals surface area (Å²) < 4.78 is 18.2. The molecule has 0 atom stereocenters. The number of benzene rings is 1. The van der Waals surface area contributed by atoms with Gasteiger partial charge in [0.25, 0.3) is 0 Å². The van der Waals surface area contributed by atoms with Crippen LogP contribution in [0.1, 0.15) is 0 Å². The molecule has 0 amide bonds. The second-order valence-electron chi connectivity index (χ2n) is 5.02. The van der Waals surface area contributed by atoms with E-state index in [-0.39, 0.29) is 19.0 Å². The van der Waals surface area contributed by atoms with Gasteiger partial charge >= 0.3 is 0 Å². The van der Waals surface area contributed by atoms with Crippen LogP contribution in [0.5, 0.6) is 0 Å². The van der Waals surface area contributed by atoms with Gasteiger partial charge in [-0.25, -0.2) is 14.4 Å². The topological polar surface area (TPSA) is 105 Å². The molecule has 130 valence electrons. The summed E-state index contributed by atoms with van der Waals surface area (Å²) >= 11 is 0. The predicted molar refractivity (Wildman–Crippen MR) is 91.2 cm³/mol. The lowest BCUT2D eigenvalue weighted by molar-refractivity contribution is 0.0991. The van der Waals surface area contributed by atoms with E-state index < -0.39 is 0 Å². The van der Waals surface area contributed by atoms with Gasteiger partial charge in [-0.1, -0.05) is 0 Å². The molecule has 0 unspecified atom stereocenters. The minimum Gasteiger partial charge on any atom is -0.394 e.